The van der Waals surface area contributed by atoms with E-state index in [-0.39, 0.29) is 5.92 Å². The Morgan fingerprint density at radius 3 is 2.38 bits per heavy atom. The molecule has 0 aromatic rings. The van der Waals surface area contributed by atoms with Gasteiger partial charge in [-0.25, -0.2) is 0 Å². The highest BCUT2D eigenvalue weighted by Crippen LogP contribution is 2.21. The molecule has 13 heavy (non-hydrogen) atoms. The van der Waals surface area contributed by atoms with Gasteiger partial charge in [-0.15, -0.1) is 0 Å². The molecule has 2 heteroatoms. The maximum atomic E-state index is 11.9. The minimum Gasteiger partial charge on any atom is -0.340 e. The molecular formula is C11H21NO. The second-order valence-corrected chi connectivity index (χ2v) is 4.56. The Morgan fingerprint density at radius 1 is 1.38 bits per heavy atom. The van der Waals surface area contributed by atoms with Crippen LogP contribution >= 0.6 is 0 Å². The molecule has 0 spiro atoms. The number of carbonyl (C=O) groups excluding carboxylic acids is 1. The molecule has 1 saturated heterocycles. The average molecular weight is 183 g/mol. The van der Waals surface area contributed by atoms with Gasteiger partial charge in [0.1, 0.15) is 0 Å². The first kappa shape index (κ1) is 10.6. The summed E-state index contributed by atoms with van der Waals surface area (Å²) in [6, 6.07) is 0.466. The van der Waals surface area contributed by atoms with Gasteiger partial charge in [-0.1, -0.05) is 20.8 Å². The van der Waals surface area contributed by atoms with E-state index in [1.54, 1.807) is 0 Å². The van der Waals surface area contributed by atoms with Gasteiger partial charge in [0.25, 0.3) is 0 Å². The van der Waals surface area contributed by atoms with Crippen molar-refractivity contribution in [2.45, 2.75) is 46.6 Å². The van der Waals surface area contributed by atoms with E-state index in [1.807, 2.05) is 11.8 Å². The Balaban J connectivity index is 2.56. The van der Waals surface area contributed by atoms with Crippen molar-refractivity contribution in [1.82, 2.24) is 4.90 Å². The van der Waals surface area contributed by atoms with E-state index in [9.17, 15) is 4.79 Å². The van der Waals surface area contributed by atoms with Crippen molar-refractivity contribution in [1.29, 1.82) is 0 Å². The zero-order chi connectivity index (χ0) is 10.0. The van der Waals surface area contributed by atoms with Crippen LogP contribution in [0.3, 0.4) is 0 Å². The molecule has 1 aliphatic rings. The third-order valence-corrected chi connectivity index (χ3v) is 3.23. The van der Waals surface area contributed by atoms with E-state index in [2.05, 4.69) is 20.8 Å². The molecule has 2 atom stereocenters. The Morgan fingerprint density at radius 2 is 2.00 bits per heavy atom. The van der Waals surface area contributed by atoms with Gasteiger partial charge in [0.2, 0.25) is 5.91 Å². The quantitative estimate of drug-likeness (QED) is 0.643. The van der Waals surface area contributed by atoms with Crippen molar-refractivity contribution in [3.8, 4) is 0 Å². The van der Waals surface area contributed by atoms with Gasteiger partial charge >= 0.3 is 0 Å². The first-order chi connectivity index (χ1) is 6.04. The second-order valence-electron chi connectivity index (χ2n) is 4.56. The highest BCUT2D eigenvalue weighted by molar-refractivity contribution is 5.79. The van der Waals surface area contributed by atoms with Gasteiger partial charge in [-0.05, 0) is 25.7 Å². The maximum Gasteiger partial charge on any atom is 0.225 e. The lowest BCUT2D eigenvalue weighted by atomic mass is 9.96. The largest absolute Gasteiger partial charge is 0.340 e. The summed E-state index contributed by atoms with van der Waals surface area (Å²) in [4.78, 5) is 14.0. The Hall–Kier alpha value is -0.530. The number of hydrogen-bond acceptors (Lipinski definition) is 1. The van der Waals surface area contributed by atoms with Crippen LogP contribution in [0.5, 0.6) is 0 Å². The summed E-state index contributed by atoms with van der Waals surface area (Å²) in [5.41, 5.74) is 0. The minimum atomic E-state index is 0.181. The van der Waals surface area contributed by atoms with Crippen LogP contribution in [0, 0.1) is 11.8 Å². The molecule has 1 heterocycles. The Kier molecular flexibility index (Phi) is 3.34. The van der Waals surface area contributed by atoms with Crippen molar-refractivity contribution in [3.63, 3.8) is 0 Å². The lowest BCUT2D eigenvalue weighted by molar-refractivity contribution is -0.136. The summed E-state index contributed by atoms with van der Waals surface area (Å²) < 4.78 is 0. The van der Waals surface area contributed by atoms with Crippen LogP contribution in [0.15, 0.2) is 0 Å². The molecule has 0 saturated carbocycles. The average Bonchev–Trinajstić information content (AvgIpc) is 2.48. The van der Waals surface area contributed by atoms with Crippen LogP contribution in [-0.4, -0.2) is 23.4 Å². The van der Waals surface area contributed by atoms with Crippen molar-refractivity contribution in [2.75, 3.05) is 6.54 Å². The molecule has 1 amide bonds. The molecule has 0 aromatic heterocycles. The predicted octanol–water partition coefficient (Wildman–Crippen LogP) is 2.29. The van der Waals surface area contributed by atoms with Gasteiger partial charge in [0.05, 0.1) is 0 Å². The van der Waals surface area contributed by atoms with Gasteiger partial charge < -0.3 is 4.90 Å². The molecule has 0 bridgehead atoms. The molecule has 1 aliphatic heterocycles. The van der Waals surface area contributed by atoms with E-state index in [1.165, 1.54) is 12.8 Å². The van der Waals surface area contributed by atoms with Crippen molar-refractivity contribution >= 4 is 5.91 Å². The molecule has 76 valence electrons. The number of carbonyl (C=O) groups is 1. The van der Waals surface area contributed by atoms with Gasteiger partial charge in [0.15, 0.2) is 0 Å². The van der Waals surface area contributed by atoms with E-state index in [0.717, 1.165) is 6.54 Å². The topological polar surface area (TPSA) is 20.3 Å². The zero-order valence-electron chi connectivity index (χ0n) is 9.21. The molecule has 2 unspecified atom stereocenters. The Labute approximate surface area is 81.3 Å². The van der Waals surface area contributed by atoms with Crippen LogP contribution in [0.25, 0.3) is 0 Å². The smallest absolute Gasteiger partial charge is 0.225 e. The highest BCUT2D eigenvalue weighted by Gasteiger charge is 2.29. The highest BCUT2D eigenvalue weighted by atomic mass is 16.2. The van der Waals surface area contributed by atoms with Crippen LogP contribution in [0.2, 0.25) is 0 Å². The molecule has 0 aliphatic carbocycles. The molecule has 1 fully saturated rings. The number of amides is 1. The van der Waals surface area contributed by atoms with Crippen LogP contribution in [0.1, 0.15) is 40.5 Å². The molecule has 0 aromatic carbocycles. The predicted molar refractivity (Wildman–Crippen MR) is 54.4 cm³/mol. The van der Waals surface area contributed by atoms with Crippen molar-refractivity contribution in [3.05, 3.63) is 0 Å². The van der Waals surface area contributed by atoms with Gasteiger partial charge in [-0.2, -0.15) is 0 Å². The molecular weight excluding hydrogens is 162 g/mol. The minimum absolute atomic E-state index is 0.181. The normalized spacial score (nSPS) is 25.3. The number of likely N-dealkylation sites (tertiary alicyclic amines) is 1. The summed E-state index contributed by atoms with van der Waals surface area (Å²) in [5.74, 6) is 0.987. The fourth-order valence-corrected chi connectivity index (χ4v) is 1.81. The van der Waals surface area contributed by atoms with Crippen LogP contribution in [0.4, 0.5) is 0 Å². The summed E-state index contributed by atoms with van der Waals surface area (Å²) in [6.07, 6.45) is 2.36. The fourth-order valence-electron chi connectivity index (χ4n) is 1.81. The van der Waals surface area contributed by atoms with Gasteiger partial charge in [0, 0.05) is 18.5 Å². The van der Waals surface area contributed by atoms with E-state index < -0.39 is 0 Å². The summed E-state index contributed by atoms with van der Waals surface area (Å²) >= 11 is 0. The number of hydrogen-bond donors (Lipinski definition) is 0. The molecule has 0 N–H and O–H groups in total. The molecule has 1 rings (SSSR count). The number of rotatable bonds is 2. The Bertz CT molecular complexity index is 189. The molecule has 0 radical (unpaired) electrons. The lowest BCUT2D eigenvalue weighted by Crippen LogP contribution is -2.38. The lowest BCUT2D eigenvalue weighted by Gasteiger charge is -2.26. The standard InChI is InChI=1S/C11H21NO/c1-8(2)10(4)11(13)12-7-5-6-9(12)3/h8-10H,5-7H2,1-4H3. The van der Waals surface area contributed by atoms with E-state index in [4.69, 9.17) is 0 Å². The van der Waals surface area contributed by atoms with Crippen molar-refractivity contribution in [2.24, 2.45) is 11.8 Å². The second kappa shape index (κ2) is 4.12. The van der Waals surface area contributed by atoms with Crippen LogP contribution in [-0.2, 0) is 4.79 Å². The summed E-state index contributed by atoms with van der Waals surface area (Å²) in [7, 11) is 0. The fraction of sp³-hybridized carbons (Fsp3) is 0.909. The molecule has 2 nitrogen and oxygen atoms in total. The SMILES string of the molecule is CC(C)C(C)C(=O)N1CCCC1C. The monoisotopic (exact) mass is 183 g/mol. The summed E-state index contributed by atoms with van der Waals surface area (Å²) in [6.45, 7) is 9.39. The first-order valence-electron chi connectivity index (χ1n) is 5.34. The van der Waals surface area contributed by atoms with E-state index in [0.29, 0.717) is 17.9 Å². The van der Waals surface area contributed by atoms with E-state index >= 15 is 0 Å². The zero-order valence-corrected chi connectivity index (χ0v) is 9.21. The van der Waals surface area contributed by atoms with Crippen LogP contribution < -0.4 is 0 Å². The summed E-state index contributed by atoms with van der Waals surface area (Å²) in [5, 5.41) is 0. The maximum absolute atomic E-state index is 11.9. The van der Waals surface area contributed by atoms with Gasteiger partial charge in [-0.3, -0.25) is 4.79 Å². The van der Waals surface area contributed by atoms with Crippen molar-refractivity contribution < 1.29 is 4.79 Å². The third kappa shape index (κ3) is 2.23. The third-order valence-electron chi connectivity index (χ3n) is 3.23. The number of nitrogens with zero attached hydrogens (tertiary/aromatic N) is 1. The first-order valence-corrected chi connectivity index (χ1v) is 5.34.